The molecule has 1 aromatic carbocycles. The molecule has 0 saturated carbocycles. The van der Waals surface area contributed by atoms with Crippen molar-refractivity contribution in [1.29, 1.82) is 0 Å². The number of hydrogen-bond donors (Lipinski definition) is 0. The van der Waals surface area contributed by atoms with Crippen molar-refractivity contribution >= 4 is 45.5 Å². The van der Waals surface area contributed by atoms with Crippen LogP contribution < -0.4 is 0 Å². The maximum absolute atomic E-state index is 2.52. The summed E-state index contributed by atoms with van der Waals surface area (Å²) >= 11 is 4.97. The summed E-state index contributed by atoms with van der Waals surface area (Å²) in [5.41, 5.74) is 1.45. The van der Waals surface area contributed by atoms with Crippen molar-refractivity contribution in [3.8, 4) is 0 Å². The summed E-state index contributed by atoms with van der Waals surface area (Å²) in [7, 11) is 0. The molecule has 1 unspecified atom stereocenters. The smallest absolute Gasteiger partial charge is 0.0716 e. The summed E-state index contributed by atoms with van der Waals surface area (Å²) in [5.74, 6) is 0. The summed E-state index contributed by atoms with van der Waals surface area (Å²) in [6.07, 6.45) is 2.60. The first-order valence-corrected chi connectivity index (χ1v) is 6.63. The van der Waals surface area contributed by atoms with Crippen LogP contribution in [0.15, 0.2) is 30.3 Å². The predicted molar refractivity (Wildman–Crippen MR) is 72.1 cm³/mol. The van der Waals surface area contributed by atoms with E-state index in [9.17, 15) is 0 Å². The van der Waals surface area contributed by atoms with Crippen molar-refractivity contribution in [3.05, 3.63) is 35.9 Å². The molecular formula is C10H11I2N. The van der Waals surface area contributed by atoms with Gasteiger partial charge in [0.1, 0.15) is 0 Å². The second kappa shape index (κ2) is 4.44. The quantitative estimate of drug-likeness (QED) is 0.300. The minimum absolute atomic E-state index is 0.628. The van der Waals surface area contributed by atoms with E-state index in [4.69, 9.17) is 0 Å². The van der Waals surface area contributed by atoms with Crippen molar-refractivity contribution in [2.75, 3.05) is 0 Å². The molecule has 13 heavy (non-hydrogen) atoms. The normalized spacial score (nSPS) is 29.4. The van der Waals surface area contributed by atoms with Gasteiger partial charge in [-0.2, -0.15) is 0 Å². The molecule has 1 aromatic rings. The fourth-order valence-corrected chi connectivity index (χ4v) is 3.35. The van der Waals surface area contributed by atoms with Gasteiger partial charge in [-0.3, -0.25) is 0 Å². The Morgan fingerprint density at radius 2 is 1.85 bits per heavy atom. The van der Waals surface area contributed by atoms with Crippen LogP contribution in [0.2, 0.25) is 0 Å². The van der Waals surface area contributed by atoms with Crippen LogP contribution in [0.25, 0.3) is 0 Å². The Kier molecular flexibility index (Phi) is 3.47. The van der Waals surface area contributed by atoms with Crippen LogP contribution >= 0.6 is 45.5 Å². The second-order valence-corrected chi connectivity index (χ2v) is 5.83. The molecular weight excluding hydrogens is 388 g/mol. The van der Waals surface area contributed by atoms with E-state index in [1.54, 1.807) is 0 Å². The number of rotatable bonds is 1. The average Bonchev–Trinajstić information content (AvgIpc) is 2.49. The van der Waals surface area contributed by atoms with Crippen molar-refractivity contribution in [2.45, 2.75) is 22.9 Å². The number of hydrogen-bond acceptors (Lipinski definition) is 1. The van der Waals surface area contributed by atoms with Crippen LogP contribution in [0.5, 0.6) is 0 Å². The molecule has 1 aliphatic rings. The lowest BCUT2D eigenvalue weighted by atomic mass is 10.1. The minimum Gasteiger partial charge on any atom is -0.227 e. The Morgan fingerprint density at radius 1 is 1.15 bits per heavy atom. The van der Waals surface area contributed by atoms with E-state index in [1.165, 1.54) is 18.4 Å². The number of halogens is 2. The molecule has 0 spiro atoms. The largest absolute Gasteiger partial charge is 0.227 e. The first-order chi connectivity index (χ1) is 6.29. The third-order valence-electron chi connectivity index (χ3n) is 2.43. The standard InChI is InChI=1S/C10H11I2N/c11-10-7-6-9(13(10)12)8-4-2-1-3-5-8/h1-5,9-10H,6-7H2/t9?,10-/m0/s1. The van der Waals surface area contributed by atoms with Crippen molar-refractivity contribution < 1.29 is 0 Å². The Hall–Kier alpha value is 0.640. The van der Waals surface area contributed by atoms with Gasteiger partial charge in [-0.15, -0.1) is 0 Å². The third kappa shape index (κ3) is 2.18. The van der Waals surface area contributed by atoms with Crippen LogP contribution in [-0.2, 0) is 0 Å². The van der Waals surface area contributed by atoms with Crippen LogP contribution in [0.4, 0.5) is 0 Å². The lowest BCUT2D eigenvalue weighted by Crippen LogP contribution is -2.15. The summed E-state index contributed by atoms with van der Waals surface area (Å²) in [6.45, 7) is 0. The highest BCUT2D eigenvalue weighted by atomic mass is 127. The molecule has 1 saturated heterocycles. The maximum atomic E-state index is 2.52. The zero-order chi connectivity index (χ0) is 9.26. The molecule has 1 heterocycles. The van der Waals surface area contributed by atoms with Gasteiger partial charge in [-0.1, -0.05) is 52.9 Å². The first-order valence-electron chi connectivity index (χ1n) is 4.42. The Balaban J connectivity index is 2.19. The summed E-state index contributed by atoms with van der Waals surface area (Å²) in [4.78, 5) is 0. The zero-order valence-electron chi connectivity index (χ0n) is 7.16. The van der Waals surface area contributed by atoms with Gasteiger partial charge in [0.2, 0.25) is 0 Å². The van der Waals surface area contributed by atoms with Gasteiger partial charge in [0, 0.05) is 28.9 Å². The highest BCUT2D eigenvalue weighted by molar-refractivity contribution is 14.1. The molecule has 2 rings (SSSR count). The van der Waals surface area contributed by atoms with E-state index in [-0.39, 0.29) is 0 Å². The lowest BCUT2D eigenvalue weighted by Gasteiger charge is -2.19. The topological polar surface area (TPSA) is 3.24 Å². The van der Waals surface area contributed by atoms with Gasteiger partial charge in [0.25, 0.3) is 0 Å². The molecule has 0 amide bonds. The van der Waals surface area contributed by atoms with Crippen LogP contribution in [0.3, 0.4) is 0 Å². The molecule has 0 radical (unpaired) electrons. The molecule has 0 aliphatic carbocycles. The molecule has 1 nitrogen and oxygen atoms in total. The van der Waals surface area contributed by atoms with Crippen LogP contribution in [-0.4, -0.2) is 7.16 Å². The summed E-state index contributed by atoms with van der Waals surface area (Å²) in [6, 6.07) is 11.4. The monoisotopic (exact) mass is 399 g/mol. The van der Waals surface area contributed by atoms with Gasteiger partial charge < -0.3 is 0 Å². The maximum Gasteiger partial charge on any atom is 0.0716 e. The van der Waals surface area contributed by atoms with Crippen LogP contribution in [0.1, 0.15) is 24.4 Å². The third-order valence-corrected chi connectivity index (χ3v) is 6.06. The van der Waals surface area contributed by atoms with Crippen LogP contribution in [0, 0.1) is 0 Å². The van der Waals surface area contributed by atoms with E-state index in [1.807, 2.05) is 0 Å². The molecule has 1 aliphatic heterocycles. The Morgan fingerprint density at radius 3 is 2.38 bits per heavy atom. The lowest BCUT2D eigenvalue weighted by molar-refractivity contribution is 0.479. The number of benzene rings is 1. The number of nitrogens with zero attached hydrogens (tertiary/aromatic N) is 1. The highest BCUT2D eigenvalue weighted by Gasteiger charge is 2.30. The molecule has 70 valence electrons. The molecule has 3 heteroatoms. The predicted octanol–water partition coefficient (Wildman–Crippen LogP) is 3.93. The zero-order valence-corrected chi connectivity index (χ0v) is 11.5. The SMILES string of the molecule is I[C@@H]1CCC(c2ccccc2)N1I. The van der Waals surface area contributed by atoms with E-state index in [2.05, 4.69) is 78.9 Å². The first kappa shape index (κ1) is 10.2. The molecule has 0 bridgehead atoms. The average molecular weight is 399 g/mol. The highest BCUT2D eigenvalue weighted by Crippen LogP contribution is 2.41. The number of alkyl halides is 1. The van der Waals surface area contributed by atoms with Gasteiger partial charge in [0.05, 0.1) is 4.05 Å². The van der Waals surface area contributed by atoms with E-state index in [0.29, 0.717) is 10.1 Å². The van der Waals surface area contributed by atoms with Gasteiger partial charge in [-0.25, -0.2) is 3.11 Å². The molecule has 1 fully saturated rings. The van der Waals surface area contributed by atoms with E-state index >= 15 is 0 Å². The van der Waals surface area contributed by atoms with Crippen molar-refractivity contribution in [1.82, 2.24) is 3.11 Å². The Labute approximate surface area is 107 Å². The van der Waals surface area contributed by atoms with Gasteiger partial charge in [0.15, 0.2) is 0 Å². The fraction of sp³-hybridized carbons (Fsp3) is 0.400. The molecule has 0 aromatic heterocycles. The Bertz CT molecular complexity index is 276. The second-order valence-electron chi connectivity index (χ2n) is 3.28. The fourth-order valence-electron chi connectivity index (χ4n) is 1.72. The van der Waals surface area contributed by atoms with Gasteiger partial charge >= 0.3 is 0 Å². The van der Waals surface area contributed by atoms with E-state index in [0.717, 1.165) is 0 Å². The molecule has 2 atom stereocenters. The summed E-state index contributed by atoms with van der Waals surface area (Å²) < 4.78 is 3.14. The molecule has 0 N–H and O–H groups in total. The van der Waals surface area contributed by atoms with Gasteiger partial charge in [-0.05, 0) is 18.4 Å². The minimum atomic E-state index is 0.628. The summed E-state index contributed by atoms with van der Waals surface area (Å²) in [5, 5.41) is 0. The van der Waals surface area contributed by atoms with Crippen molar-refractivity contribution in [3.63, 3.8) is 0 Å². The van der Waals surface area contributed by atoms with E-state index < -0.39 is 0 Å². The van der Waals surface area contributed by atoms with Crippen molar-refractivity contribution in [2.24, 2.45) is 0 Å².